The number of phenolic OH excluding ortho intramolecular Hbond substituents is 1. The molecule has 1 aromatic carbocycles. The second-order valence-electron chi connectivity index (χ2n) is 4.33. The van der Waals surface area contributed by atoms with Gasteiger partial charge in [-0.1, -0.05) is 19.8 Å². The average molecular weight is 295 g/mol. The molecule has 0 heterocycles. The summed E-state index contributed by atoms with van der Waals surface area (Å²) in [6.07, 6.45) is 3.70. The third kappa shape index (κ3) is 6.94. The minimum Gasteiger partial charge on any atom is -0.508 e. The molecule has 0 aromatic heterocycles. The monoisotopic (exact) mass is 294 g/mol. The van der Waals surface area contributed by atoms with Crippen molar-refractivity contribution in [3.8, 4) is 5.75 Å². The van der Waals surface area contributed by atoms with Crippen LogP contribution in [0.5, 0.6) is 5.75 Å². The van der Waals surface area contributed by atoms with E-state index in [1.807, 2.05) is 6.07 Å². The molecule has 0 fully saturated rings. The van der Waals surface area contributed by atoms with E-state index in [9.17, 15) is 5.11 Å². The van der Waals surface area contributed by atoms with Gasteiger partial charge in [0.25, 0.3) is 0 Å². The van der Waals surface area contributed by atoms with E-state index in [2.05, 4.69) is 18.9 Å². The minimum absolute atomic E-state index is 0. The Labute approximate surface area is 122 Å². The van der Waals surface area contributed by atoms with Crippen LogP contribution in [-0.2, 0) is 6.54 Å². The van der Waals surface area contributed by atoms with Gasteiger partial charge in [-0.05, 0) is 38.2 Å². The van der Waals surface area contributed by atoms with Crippen molar-refractivity contribution >= 4 is 30.5 Å². The number of rotatable bonds is 6. The van der Waals surface area contributed by atoms with Crippen LogP contribution >= 0.6 is 24.8 Å². The highest BCUT2D eigenvalue weighted by molar-refractivity contribution is 5.85. The predicted molar refractivity (Wildman–Crippen MR) is 82.9 cm³/mol. The van der Waals surface area contributed by atoms with E-state index in [-0.39, 0.29) is 24.8 Å². The Balaban J connectivity index is 0. The molecule has 0 unspecified atom stereocenters. The van der Waals surface area contributed by atoms with Crippen LogP contribution in [0.25, 0.3) is 0 Å². The van der Waals surface area contributed by atoms with Crippen LogP contribution in [0.4, 0.5) is 5.69 Å². The first-order valence-corrected chi connectivity index (χ1v) is 5.89. The number of phenols is 1. The number of nitrogens with zero attached hydrogens (tertiary/aromatic N) is 1. The van der Waals surface area contributed by atoms with Gasteiger partial charge in [0.2, 0.25) is 0 Å². The maximum Gasteiger partial charge on any atom is 0.120 e. The van der Waals surface area contributed by atoms with Crippen LogP contribution in [-0.4, -0.2) is 23.6 Å². The van der Waals surface area contributed by atoms with Crippen molar-refractivity contribution in [3.05, 3.63) is 23.8 Å². The summed E-state index contributed by atoms with van der Waals surface area (Å²) in [6, 6.07) is 5.21. The summed E-state index contributed by atoms with van der Waals surface area (Å²) in [4.78, 5) is 2.21. The summed E-state index contributed by atoms with van der Waals surface area (Å²) in [5, 5.41) is 9.67. The standard InChI is InChI=1S/C13H22N2O.2ClH/c1-3-4-5-8-15(2)10-11-9-12(14)6-7-13(11)16;;/h6-7,9,16H,3-5,8,10,14H2,1-2H3;2*1H. The third-order valence-corrected chi connectivity index (χ3v) is 2.69. The summed E-state index contributed by atoms with van der Waals surface area (Å²) >= 11 is 0. The number of halogens is 2. The Morgan fingerprint density at radius 2 is 1.89 bits per heavy atom. The number of anilines is 1. The zero-order valence-corrected chi connectivity index (χ0v) is 12.7. The Morgan fingerprint density at radius 1 is 1.22 bits per heavy atom. The molecule has 3 N–H and O–H groups in total. The van der Waals surface area contributed by atoms with Crippen LogP contribution in [0.3, 0.4) is 0 Å². The second kappa shape index (κ2) is 10.3. The first-order valence-electron chi connectivity index (χ1n) is 5.89. The molecule has 0 saturated heterocycles. The lowest BCUT2D eigenvalue weighted by molar-refractivity contribution is 0.312. The van der Waals surface area contributed by atoms with Crippen LogP contribution in [0.2, 0.25) is 0 Å². The molecular formula is C13H24Cl2N2O. The quantitative estimate of drug-likeness (QED) is 0.480. The van der Waals surface area contributed by atoms with Gasteiger partial charge in [0.1, 0.15) is 5.75 Å². The fourth-order valence-corrected chi connectivity index (χ4v) is 1.73. The van der Waals surface area contributed by atoms with Gasteiger partial charge in [-0.25, -0.2) is 0 Å². The van der Waals surface area contributed by atoms with Crippen molar-refractivity contribution in [2.24, 2.45) is 0 Å². The maximum atomic E-state index is 9.67. The molecular weight excluding hydrogens is 271 g/mol. The Bertz CT molecular complexity index is 335. The molecule has 0 saturated carbocycles. The van der Waals surface area contributed by atoms with E-state index >= 15 is 0 Å². The lowest BCUT2D eigenvalue weighted by Gasteiger charge is -2.17. The molecule has 3 nitrogen and oxygen atoms in total. The number of hydrogen-bond donors (Lipinski definition) is 2. The van der Waals surface area contributed by atoms with Crippen molar-refractivity contribution < 1.29 is 5.11 Å². The molecule has 0 aliphatic heterocycles. The highest BCUT2D eigenvalue weighted by Gasteiger charge is 2.05. The van der Waals surface area contributed by atoms with E-state index in [1.54, 1.807) is 12.1 Å². The molecule has 0 aliphatic carbocycles. The van der Waals surface area contributed by atoms with Crippen molar-refractivity contribution in [1.29, 1.82) is 0 Å². The average Bonchev–Trinajstić information content (AvgIpc) is 2.24. The van der Waals surface area contributed by atoms with Crippen molar-refractivity contribution in [2.75, 3.05) is 19.3 Å². The Morgan fingerprint density at radius 3 is 2.50 bits per heavy atom. The van der Waals surface area contributed by atoms with Crippen molar-refractivity contribution in [3.63, 3.8) is 0 Å². The maximum absolute atomic E-state index is 9.67. The number of nitrogen functional groups attached to an aromatic ring is 1. The van der Waals surface area contributed by atoms with Crippen molar-refractivity contribution in [1.82, 2.24) is 4.90 Å². The zero-order valence-electron chi connectivity index (χ0n) is 11.1. The van der Waals surface area contributed by atoms with E-state index in [0.717, 1.165) is 18.7 Å². The fraction of sp³-hybridized carbons (Fsp3) is 0.538. The van der Waals surface area contributed by atoms with Gasteiger partial charge in [-0.3, -0.25) is 0 Å². The van der Waals surface area contributed by atoms with Gasteiger partial charge >= 0.3 is 0 Å². The summed E-state index contributed by atoms with van der Waals surface area (Å²) in [5.74, 6) is 0.330. The van der Waals surface area contributed by atoms with Crippen LogP contribution in [0, 0.1) is 0 Å². The first-order chi connectivity index (χ1) is 7.63. The van der Waals surface area contributed by atoms with Gasteiger partial charge in [0.05, 0.1) is 0 Å². The summed E-state index contributed by atoms with van der Waals surface area (Å²) in [6.45, 7) is 4.01. The van der Waals surface area contributed by atoms with Crippen LogP contribution in [0.15, 0.2) is 18.2 Å². The number of aromatic hydroxyl groups is 1. The molecule has 0 aliphatic rings. The Hall–Kier alpha value is -0.640. The largest absolute Gasteiger partial charge is 0.508 e. The van der Waals surface area contributed by atoms with Crippen molar-refractivity contribution in [2.45, 2.75) is 32.7 Å². The van der Waals surface area contributed by atoms with E-state index in [4.69, 9.17) is 5.73 Å². The molecule has 1 rings (SSSR count). The molecule has 18 heavy (non-hydrogen) atoms. The topological polar surface area (TPSA) is 49.5 Å². The predicted octanol–water partition coefficient (Wildman–Crippen LogP) is 3.44. The molecule has 5 heteroatoms. The highest BCUT2D eigenvalue weighted by atomic mass is 35.5. The van der Waals surface area contributed by atoms with E-state index in [1.165, 1.54) is 19.3 Å². The molecule has 0 spiro atoms. The second-order valence-corrected chi connectivity index (χ2v) is 4.33. The van der Waals surface area contributed by atoms with Gasteiger partial charge in [-0.15, -0.1) is 24.8 Å². The Kier molecular flexibility index (Phi) is 11.3. The number of hydrogen-bond acceptors (Lipinski definition) is 3. The lowest BCUT2D eigenvalue weighted by atomic mass is 10.1. The lowest BCUT2D eigenvalue weighted by Crippen LogP contribution is -2.19. The van der Waals surface area contributed by atoms with Gasteiger partial charge < -0.3 is 15.7 Å². The highest BCUT2D eigenvalue weighted by Crippen LogP contribution is 2.21. The third-order valence-electron chi connectivity index (χ3n) is 2.69. The molecule has 0 amide bonds. The fourth-order valence-electron chi connectivity index (χ4n) is 1.73. The molecule has 1 aromatic rings. The molecule has 0 atom stereocenters. The van der Waals surface area contributed by atoms with Gasteiger partial charge in [0.15, 0.2) is 0 Å². The molecule has 0 radical (unpaired) electrons. The number of nitrogens with two attached hydrogens (primary N) is 1. The van der Waals surface area contributed by atoms with Gasteiger partial charge in [0, 0.05) is 17.8 Å². The van der Waals surface area contributed by atoms with Crippen LogP contribution < -0.4 is 5.73 Å². The minimum atomic E-state index is 0. The number of benzene rings is 1. The molecule has 106 valence electrons. The molecule has 0 bridgehead atoms. The van der Waals surface area contributed by atoms with E-state index in [0.29, 0.717) is 11.4 Å². The smallest absolute Gasteiger partial charge is 0.120 e. The SMILES string of the molecule is CCCCCN(C)Cc1cc(N)ccc1O.Cl.Cl. The number of unbranched alkanes of at least 4 members (excludes halogenated alkanes) is 2. The summed E-state index contributed by atoms with van der Waals surface area (Å²) < 4.78 is 0. The van der Waals surface area contributed by atoms with E-state index < -0.39 is 0 Å². The van der Waals surface area contributed by atoms with Crippen LogP contribution in [0.1, 0.15) is 31.7 Å². The normalized spacial score (nSPS) is 9.72. The first kappa shape index (κ1) is 19.7. The summed E-state index contributed by atoms with van der Waals surface area (Å²) in [7, 11) is 2.07. The summed E-state index contributed by atoms with van der Waals surface area (Å²) in [5.41, 5.74) is 7.30. The van der Waals surface area contributed by atoms with Gasteiger partial charge in [-0.2, -0.15) is 0 Å². The zero-order chi connectivity index (χ0) is 12.0.